The van der Waals surface area contributed by atoms with Crippen molar-refractivity contribution in [3.8, 4) is 22.8 Å². The molecular weight excluding hydrogens is 412 g/mol. The molecule has 0 radical (unpaired) electrons. The molecule has 0 atom stereocenters. The normalized spacial score (nSPS) is 14.6. The molecule has 0 bridgehead atoms. The van der Waals surface area contributed by atoms with Crippen LogP contribution in [0.25, 0.3) is 11.3 Å². The Labute approximate surface area is 187 Å². The van der Waals surface area contributed by atoms with Gasteiger partial charge in [-0.15, -0.1) is 0 Å². The molecule has 168 valence electrons. The molecule has 0 unspecified atom stereocenters. The molecule has 7 heteroatoms. The van der Waals surface area contributed by atoms with E-state index in [4.69, 9.17) is 9.47 Å². The molecule has 4 rings (SSSR count). The standard InChI is InChI=1S/C25H27F2N3O2/c1-31-22-9-8-19(15-23(22)32-2)20-16-21(24(26)27)29-25(28-20)30-12-10-18(11-13-30)14-17-6-4-3-5-7-17/h3-9,15-16,18,24H,10-14H2,1-2H3. The zero-order valence-electron chi connectivity index (χ0n) is 18.3. The number of alkyl halides is 2. The highest BCUT2D eigenvalue weighted by molar-refractivity contribution is 5.65. The van der Waals surface area contributed by atoms with E-state index in [0.717, 1.165) is 32.4 Å². The third-order valence-corrected chi connectivity index (χ3v) is 5.90. The number of hydrogen-bond donors (Lipinski definition) is 0. The molecule has 2 aromatic carbocycles. The molecule has 5 nitrogen and oxygen atoms in total. The molecule has 0 N–H and O–H groups in total. The van der Waals surface area contributed by atoms with Crippen LogP contribution in [-0.2, 0) is 6.42 Å². The fourth-order valence-electron chi connectivity index (χ4n) is 4.13. The van der Waals surface area contributed by atoms with Gasteiger partial charge in [0.05, 0.1) is 19.9 Å². The number of benzene rings is 2. The van der Waals surface area contributed by atoms with Gasteiger partial charge in [-0.25, -0.2) is 18.7 Å². The van der Waals surface area contributed by atoms with Crippen LogP contribution >= 0.6 is 0 Å². The molecule has 0 spiro atoms. The number of rotatable bonds is 7. The van der Waals surface area contributed by atoms with Crippen molar-refractivity contribution in [3.63, 3.8) is 0 Å². The van der Waals surface area contributed by atoms with E-state index in [-0.39, 0.29) is 5.69 Å². The van der Waals surface area contributed by atoms with Crippen molar-refractivity contribution < 1.29 is 18.3 Å². The molecule has 1 aliphatic heterocycles. The van der Waals surface area contributed by atoms with Crippen LogP contribution in [0.2, 0.25) is 0 Å². The molecule has 2 heterocycles. The Hall–Kier alpha value is -3.22. The van der Waals surface area contributed by atoms with E-state index in [0.29, 0.717) is 34.6 Å². The van der Waals surface area contributed by atoms with Gasteiger partial charge in [-0.1, -0.05) is 30.3 Å². The highest BCUT2D eigenvalue weighted by Gasteiger charge is 2.24. The Bertz CT molecular complexity index is 1040. The SMILES string of the molecule is COc1ccc(-c2cc(C(F)F)nc(N3CCC(Cc4ccccc4)CC3)n2)cc1OC. The van der Waals surface area contributed by atoms with Crippen molar-refractivity contribution in [2.75, 3.05) is 32.2 Å². The number of hydrogen-bond acceptors (Lipinski definition) is 5. The van der Waals surface area contributed by atoms with Crippen molar-refractivity contribution >= 4 is 5.95 Å². The average molecular weight is 440 g/mol. The highest BCUT2D eigenvalue weighted by atomic mass is 19.3. The van der Waals surface area contributed by atoms with Gasteiger partial charge < -0.3 is 14.4 Å². The van der Waals surface area contributed by atoms with E-state index >= 15 is 0 Å². The molecule has 1 saturated heterocycles. The van der Waals surface area contributed by atoms with Gasteiger partial charge in [-0.3, -0.25) is 0 Å². The molecule has 1 aliphatic rings. The lowest BCUT2D eigenvalue weighted by Crippen LogP contribution is -2.35. The van der Waals surface area contributed by atoms with Gasteiger partial charge >= 0.3 is 0 Å². The number of halogens is 2. The number of nitrogens with zero attached hydrogens (tertiary/aromatic N) is 3. The van der Waals surface area contributed by atoms with E-state index in [9.17, 15) is 8.78 Å². The summed E-state index contributed by atoms with van der Waals surface area (Å²) < 4.78 is 37.9. The second-order valence-electron chi connectivity index (χ2n) is 7.97. The van der Waals surface area contributed by atoms with Crippen LogP contribution < -0.4 is 14.4 Å². The monoisotopic (exact) mass is 439 g/mol. The van der Waals surface area contributed by atoms with E-state index in [2.05, 4.69) is 34.2 Å². The fourth-order valence-corrected chi connectivity index (χ4v) is 4.13. The van der Waals surface area contributed by atoms with E-state index < -0.39 is 6.43 Å². The minimum Gasteiger partial charge on any atom is -0.493 e. The van der Waals surface area contributed by atoms with Crippen LogP contribution in [0.15, 0.2) is 54.6 Å². The summed E-state index contributed by atoms with van der Waals surface area (Å²) in [5, 5.41) is 0. The minimum atomic E-state index is -2.67. The second-order valence-corrected chi connectivity index (χ2v) is 7.97. The Kier molecular flexibility index (Phi) is 6.83. The molecule has 1 aromatic heterocycles. The van der Waals surface area contributed by atoms with Gasteiger partial charge in [-0.05, 0) is 55.0 Å². The van der Waals surface area contributed by atoms with Gasteiger partial charge in [0, 0.05) is 18.7 Å². The van der Waals surface area contributed by atoms with Gasteiger partial charge in [-0.2, -0.15) is 0 Å². The van der Waals surface area contributed by atoms with Crippen LogP contribution in [-0.4, -0.2) is 37.3 Å². The smallest absolute Gasteiger partial charge is 0.280 e. The topological polar surface area (TPSA) is 47.5 Å². The summed E-state index contributed by atoms with van der Waals surface area (Å²) in [6, 6.07) is 17.1. The molecule has 32 heavy (non-hydrogen) atoms. The lowest BCUT2D eigenvalue weighted by molar-refractivity contribution is 0.146. The van der Waals surface area contributed by atoms with E-state index in [1.54, 1.807) is 25.3 Å². The number of ether oxygens (including phenoxy) is 2. The van der Waals surface area contributed by atoms with Crippen LogP contribution in [0, 0.1) is 5.92 Å². The molecule has 1 fully saturated rings. The van der Waals surface area contributed by atoms with Gasteiger partial charge in [0.25, 0.3) is 6.43 Å². The zero-order valence-corrected chi connectivity index (χ0v) is 18.3. The van der Waals surface area contributed by atoms with Crippen LogP contribution in [0.4, 0.5) is 14.7 Å². The first-order valence-corrected chi connectivity index (χ1v) is 10.8. The zero-order chi connectivity index (χ0) is 22.5. The summed E-state index contributed by atoms with van der Waals surface area (Å²) in [5.74, 6) is 2.01. The van der Waals surface area contributed by atoms with Gasteiger partial charge in [0.15, 0.2) is 11.5 Å². The fraction of sp³-hybridized carbons (Fsp3) is 0.360. The maximum Gasteiger partial charge on any atom is 0.280 e. The summed E-state index contributed by atoms with van der Waals surface area (Å²) in [6.07, 6.45) is 0.307. The summed E-state index contributed by atoms with van der Waals surface area (Å²) in [7, 11) is 3.09. The largest absolute Gasteiger partial charge is 0.493 e. The Morgan fingerprint density at radius 2 is 1.66 bits per heavy atom. The number of piperidine rings is 1. The number of aromatic nitrogens is 2. The van der Waals surface area contributed by atoms with E-state index in [1.165, 1.54) is 18.7 Å². The second kappa shape index (κ2) is 9.94. The molecule has 0 saturated carbocycles. The van der Waals surface area contributed by atoms with Crippen molar-refractivity contribution in [1.82, 2.24) is 9.97 Å². The van der Waals surface area contributed by atoms with Crippen molar-refractivity contribution in [3.05, 3.63) is 65.9 Å². The minimum absolute atomic E-state index is 0.272. The molecule has 0 amide bonds. The molecular formula is C25H27F2N3O2. The van der Waals surface area contributed by atoms with Crippen molar-refractivity contribution in [2.45, 2.75) is 25.7 Å². The number of anilines is 1. The van der Waals surface area contributed by atoms with Gasteiger partial charge in [0.1, 0.15) is 5.69 Å². The Morgan fingerprint density at radius 3 is 2.31 bits per heavy atom. The maximum atomic E-state index is 13.6. The average Bonchev–Trinajstić information content (AvgIpc) is 2.84. The van der Waals surface area contributed by atoms with E-state index in [1.807, 2.05) is 11.0 Å². The van der Waals surface area contributed by atoms with Crippen molar-refractivity contribution in [1.29, 1.82) is 0 Å². The summed E-state index contributed by atoms with van der Waals surface area (Å²) in [5.41, 5.74) is 2.17. The molecule has 0 aliphatic carbocycles. The first kappa shape index (κ1) is 22.0. The third kappa shape index (κ3) is 4.98. The predicted molar refractivity (Wildman–Crippen MR) is 121 cm³/mol. The van der Waals surface area contributed by atoms with Crippen molar-refractivity contribution in [2.24, 2.45) is 5.92 Å². The third-order valence-electron chi connectivity index (χ3n) is 5.90. The quantitative estimate of drug-likeness (QED) is 0.483. The van der Waals surface area contributed by atoms with Crippen LogP contribution in [0.3, 0.4) is 0 Å². The maximum absolute atomic E-state index is 13.6. The molecule has 3 aromatic rings. The Balaban J connectivity index is 1.55. The summed E-state index contributed by atoms with van der Waals surface area (Å²) in [6.45, 7) is 1.49. The summed E-state index contributed by atoms with van der Waals surface area (Å²) in [4.78, 5) is 10.8. The lowest BCUT2D eigenvalue weighted by Gasteiger charge is -2.32. The Morgan fingerprint density at radius 1 is 0.938 bits per heavy atom. The van der Waals surface area contributed by atoms with Gasteiger partial charge in [0.2, 0.25) is 5.95 Å². The summed E-state index contributed by atoms with van der Waals surface area (Å²) >= 11 is 0. The first-order chi connectivity index (χ1) is 15.6. The van der Waals surface area contributed by atoms with Crippen LogP contribution in [0.5, 0.6) is 11.5 Å². The lowest BCUT2D eigenvalue weighted by atomic mass is 9.90. The number of methoxy groups -OCH3 is 2. The highest BCUT2D eigenvalue weighted by Crippen LogP contribution is 2.34. The first-order valence-electron chi connectivity index (χ1n) is 10.8. The van der Waals surface area contributed by atoms with Crippen LogP contribution in [0.1, 0.15) is 30.5 Å². The predicted octanol–water partition coefficient (Wildman–Crippen LogP) is 5.56.